The van der Waals surface area contributed by atoms with Crippen LogP contribution in [-0.2, 0) is 24.4 Å². The van der Waals surface area contributed by atoms with Crippen LogP contribution in [0.4, 0.5) is 0 Å². The third kappa shape index (κ3) is 2.79. The second-order valence-electron chi connectivity index (χ2n) is 3.70. The predicted octanol–water partition coefficient (Wildman–Crippen LogP) is -1.97. The zero-order valence-corrected chi connectivity index (χ0v) is 10.2. The highest BCUT2D eigenvalue weighted by atomic mass is 16.2. The molecule has 0 aliphatic carbocycles. The molecule has 0 saturated heterocycles. The molecule has 0 spiro atoms. The Hall–Kier alpha value is -2.64. The first kappa shape index (κ1) is 14.4. The van der Waals surface area contributed by atoms with Gasteiger partial charge in [0.25, 0.3) is 0 Å². The van der Waals surface area contributed by atoms with Crippen LogP contribution in [0, 0.1) is 0 Å². The van der Waals surface area contributed by atoms with Crippen LogP contribution in [-0.4, -0.2) is 19.6 Å². The number of rotatable bonds is 6. The molecule has 1 heterocycles. The molecule has 0 aliphatic rings. The number of nitrogens with two attached hydrogens (primary N) is 1. The Morgan fingerprint density at radius 2 is 1.32 bits per heavy atom. The molecule has 1 aromatic rings. The fourth-order valence-electron chi connectivity index (χ4n) is 1.54. The van der Waals surface area contributed by atoms with Crippen molar-refractivity contribution in [2.45, 2.75) is 19.6 Å². The summed E-state index contributed by atoms with van der Waals surface area (Å²) in [5.74, 6) is -0.854. The van der Waals surface area contributed by atoms with Crippen LogP contribution in [0.15, 0.2) is 39.7 Å². The van der Waals surface area contributed by atoms with Crippen LogP contribution in [0.2, 0.25) is 0 Å². The number of nitrogens with zero attached hydrogens (tertiary/aromatic N) is 3. The van der Waals surface area contributed by atoms with Gasteiger partial charge in [-0.1, -0.05) is 12.2 Å². The highest BCUT2D eigenvalue weighted by Crippen LogP contribution is 1.79. The fraction of sp³-hybridized carbons (Fsp3) is 0.273. The third-order valence-corrected chi connectivity index (χ3v) is 2.32. The number of allylic oxidation sites excluding steroid dienone is 2. The molecule has 2 N–H and O–H groups in total. The molecule has 0 fully saturated rings. The summed E-state index contributed by atoms with van der Waals surface area (Å²) in [6.45, 7) is 6.10. The lowest BCUT2D eigenvalue weighted by Crippen LogP contribution is -2.55. The van der Waals surface area contributed by atoms with E-state index in [0.29, 0.717) is 4.57 Å². The van der Waals surface area contributed by atoms with Crippen LogP contribution in [0.5, 0.6) is 0 Å². The van der Waals surface area contributed by atoms with Gasteiger partial charge in [0.1, 0.15) is 6.54 Å². The Bertz CT molecular complexity index is 644. The molecule has 0 saturated carbocycles. The molecular weight excluding hydrogens is 252 g/mol. The van der Waals surface area contributed by atoms with Gasteiger partial charge in [-0.25, -0.2) is 28.1 Å². The monoisotopic (exact) mass is 266 g/mol. The van der Waals surface area contributed by atoms with Gasteiger partial charge in [-0.2, -0.15) is 0 Å². The normalized spacial score (nSPS) is 10.1. The van der Waals surface area contributed by atoms with Crippen molar-refractivity contribution in [3.05, 3.63) is 56.8 Å². The SMILES string of the molecule is C=CCn1c(=O)n(CC=C)c(=O)n(CC(N)=O)c1=O. The fourth-order valence-corrected chi connectivity index (χ4v) is 1.54. The summed E-state index contributed by atoms with van der Waals surface area (Å²) in [6.07, 6.45) is 2.67. The Morgan fingerprint density at radius 3 is 1.63 bits per heavy atom. The van der Waals surface area contributed by atoms with Gasteiger partial charge in [0.15, 0.2) is 0 Å². The summed E-state index contributed by atoms with van der Waals surface area (Å²) in [7, 11) is 0. The van der Waals surface area contributed by atoms with Crippen molar-refractivity contribution in [2.24, 2.45) is 5.73 Å². The standard InChI is InChI=1S/C11H14N4O4/c1-3-5-13-9(17)14(6-4-2)11(19)15(10(13)18)7-8(12)16/h3-4H,1-2,5-7H2,(H2,12,16). The number of hydrogen-bond donors (Lipinski definition) is 1. The number of aromatic nitrogens is 3. The molecule has 0 aliphatic heterocycles. The van der Waals surface area contributed by atoms with Crippen LogP contribution in [0.1, 0.15) is 0 Å². The third-order valence-electron chi connectivity index (χ3n) is 2.32. The minimum atomic E-state index is -0.894. The average Bonchev–Trinajstić information content (AvgIpc) is 2.35. The van der Waals surface area contributed by atoms with Gasteiger partial charge in [-0.05, 0) is 0 Å². The zero-order chi connectivity index (χ0) is 14.6. The van der Waals surface area contributed by atoms with Gasteiger partial charge in [0.05, 0.1) is 13.1 Å². The van der Waals surface area contributed by atoms with E-state index in [1.165, 1.54) is 12.2 Å². The van der Waals surface area contributed by atoms with E-state index in [4.69, 9.17) is 5.73 Å². The van der Waals surface area contributed by atoms with E-state index in [1.54, 1.807) is 0 Å². The van der Waals surface area contributed by atoms with Gasteiger partial charge >= 0.3 is 17.1 Å². The predicted molar refractivity (Wildman–Crippen MR) is 68.8 cm³/mol. The van der Waals surface area contributed by atoms with Gasteiger partial charge in [-0.15, -0.1) is 13.2 Å². The summed E-state index contributed by atoms with van der Waals surface area (Å²) in [4.78, 5) is 46.7. The van der Waals surface area contributed by atoms with Crippen molar-refractivity contribution in [3.63, 3.8) is 0 Å². The minimum Gasteiger partial charge on any atom is -0.368 e. The second kappa shape index (κ2) is 5.80. The summed E-state index contributed by atoms with van der Waals surface area (Å²) < 4.78 is 2.19. The topological polar surface area (TPSA) is 109 Å². The van der Waals surface area contributed by atoms with E-state index in [1.807, 2.05) is 0 Å². The molecule has 1 rings (SSSR count). The molecular formula is C11H14N4O4. The number of carbonyl (C=O) groups is 1. The van der Waals surface area contributed by atoms with E-state index in [0.717, 1.165) is 9.13 Å². The van der Waals surface area contributed by atoms with E-state index in [9.17, 15) is 19.2 Å². The van der Waals surface area contributed by atoms with Crippen LogP contribution >= 0.6 is 0 Å². The second-order valence-corrected chi connectivity index (χ2v) is 3.70. The summed E-state index contributed by atoms with van der Waals surface area (Å²) in [6, 6.07) is 0. The first-order chi connectivity index (χ1) is 8.93. The molecule has 8 nitrogen and oxygen atoms in total. The molecule has 8 heteroatoms. The van der Waals surface area contributed by atoms with E-state index < -0.39 is 29.5 Å². The first-order valence-electron chi connectivity index (χ1n) is 5.38. The lowest BCUT2D eigenvalue weighted by Gasteiger charge is -2.10. The summed E-state index contributed by atoms with van der Waals surface area (Å²) >= 11 is 0. The highest BCUT2D eigenvalue weighted by molar-refractivity contribution is 5.73. The molecule has 0 bridgehead atoms. The summed E-state index contributed by atoms with van der Waals surface area (Å²) in [5, 5.41) is 0. The Morgan fingerprint density at radius 1 is 0.947 bits per heavy atom. The number of primary amides is 1. The Balaban J connectivity index is 3.73. The van der Waals surface area contributed by atoms with Crippen molar-refractivity contribution in [1.82, 2.24) is 13.7 Å². The van der Waals surface area contributed by atoms with Gasteiger partial charge in [-0.3, -0.25) is 4.79 Å². The van der Waals surface area contributed by atoms with Crippen molar-refractivity contribution in [1.29, 1.82) is 0 Å². The maximum absolute atomic E-state index is 11.9. The molecule has 0 aromatic carbocycles. The first-order valence-corrected chi connectivity index (χ1v) is 5.38. The van der Waals surface area contributed by atoms with Gasteiger partial charge in [0, 0.05) is 0 Å². The van der Waals surface area contributed by atoms with Crippen molar-refractivity contribution in [2.75, 3.05) is 0 Å². The van der Waals surface area contributed by atoms with Gasteiger partial charge in [0.2, 0.25) is 5.91 Å². The zero-order valence-electron chi connectivity index (χ0n) is 10.2. The van der Waals surface area contributed by atoms with Crippen LogP contribution < -0.4 is 22.8 Å². The lowest BCUT2D eigenvalue weighted by molar-refractivity contribution is -0.118. The van der Waals surface area contributed by atoms with Gasteiger partial charge < -0.3 is 5.73 Å². The van der Waals surface area contributed by atoms with E-state index >= 15 is 0 Å². The molecule has 1 aromatic heterocycles. The number of amides is 1. The molecule has 102 valence electrons. The van der Waals surface area contributed by atoms with Crippen molar-refractivity contribution >= 4 is 5.91 Å². The smallest absolute Gasteiger partial charge is 0.337 e. The maximum Gasteiger partial charge on any atom is 0.337 e. The molecule has 0 unspecified atom stereocenters. The van der Waals surface area contributed by atoms with E-state index in [-0.39, 0.29) is 13.1 Å². The van der Waals surface area contributed by atoms with Crippen LogP contribution in [0.25, 0.3) is 0 Å². The minimum absolute atomic E-state index is 0.0755. The van der Waals surface area contributed by atoms with Crippen LogP contribution in [0.3, 0.4) is 0 Å². The summed E-state index contributed by atoms with van der Waals surface area (Å²) in [5.41, 5.74) is 2.40. The Kier molecular flexibility index (Phi) is 4.41. The largest absolute Gasteiger partial charge is 0.368 e. The quantitative estimate of drug-likeness (QED) is 0.602. The molecule has 1 amide bonds. The Labute approximate surface area is 107 Å². The molecule has 0 atom stereocenters. The maximum atomic E-state index is 11.9. The number of carbonyl (C=O) groups excluding carboxylic acids is 1. The molecule has 19 heavy (non-hydrogen) atoms. The average molecular weight is 266 g/mol. The van der Waals surface area contributed by atoms with Crippen molar-refractivity contribution in [3.8, 4) is 0 Å². The lowest BCUT2D eigenvalue weighted by atomic mass is 10.5. The highest BCUT2D eigenvalue weighted by Gasteiger charge is 2.15. The number of hydrogen-bond acceptors (Lipinski definition) is 4. The van der Waals surface area contributed by atoms with Crippen molar-refractivity contribution < 1.29 is 4.79 Å². The van der Waals surface area contributed by atoms with E-state index in [2.05, 4.69) is 13.2 Å². The molecule has 0 radical (unpaired) electrons.